The Morgan fingerprint density at radius 1 is 1.00 bits per heavy atom. The minimum absolute atomic E-state index is 0.0846. The van der Waals surface area contributed by atoms with Crippen molar-refractivity contribution in [2.45, 2.75) is 24.3 Å². The zero-order valence-corrected chi connectivity index (χ0v) is 17.6. The van der Waals surface area contributed by atoms with Crippen molar-refractivity contribution in [1.82, 2.24) is 0 Å². The smallest absolute Gasteiger partial charge is 0.258 e. The lowest BCUT2D eigenvalue weighted by Gasteiger charge is -2.30. The number of hydrogen-bond donors (Lipinski definition) is 0. The topological polar surface area (TPSA) is 63.7 Å². The van der Waals surface area contributed by atoms with Gasteiger partial charge in [0.25, 0.3) is 5.91 Å². The number of fused-ring (bicyclic) bond motifs is 1. The van der Waals surface area contributed by atoms with Crippen LogP contribution in [-0.2, 0) is 22.9 Å². The molecule has 3 aromatic carbocycles. The second kappa shape index (κ2) is 8.32. The predicted octanol–water partition coefficient (Wildman–Crippen LogP) is 4.26. The van der Waals surface area contributed by atoms with Crippen molar-refractivity contribution in [2.24, 2.45) is 0 Å². The summed E-state index contributed by atoms with van der Waals surface area (Å²) in [7, 11) is -3.27. The van der Waals surface area contributed by atoms with E-state index in [1.165, 1.54) is 6.26 Å². The number of carbonyl (C=O) groups is 1. The maximum Gasteiger partial charge on any atom is 0.258 e. The highest BCUT2D eigenvalue weighted by Gasteiger charge is 2.24. The lowest BCUT2D eigenvalue weighted by molar-refractivity contribution is 0.0985. The van der Waals surface area contributed by atoms with E-state index in [2.05, 4.69) is 0 Å². The number of para-hydroxylation sites is 1. The first-order chi connectivity index (χ1) is 14.4. The Labute approximate surface area is 176 Å². The van der Waals surface area contributed by atoms with Crippen LogP contribution >= 0.6 is 0 Å². The molecule has 1 aliphatic rings. The van der Waals surface area contributed by atoms with Crippen LogP contribution in [0, 0.1) is 0 Å². The highest BCUT2D eigenvalue weighted by Crippen LogP contribution is 2.30. The van der Waals surface area contributed by atoms with Crippen molar-refractivity contribution in [3.63, 3.8) is 0 Å². The lowest BCUT2D eigenvalue weighted by Crippen LogP contribution is -2.35. The Morgan fingerprint density at radius 3 is 2.43 bits per heavy atom. The number of aryl methyl sites for hydroxylation is 1. The molecule has 0 unspecified atom stereocenters. The van der Waals surface area contributed by atoms with E-state index in [0.29, 0.717) is 23.6 Å². The van der Waals surface area contributed by atoms with Crippen LogP contribution in [0.5, 0.6) is 5.75 Å². The van der Waals surface area contributed by atoms with E-state index in [-0.39, 0.29) is 5.91 Å². The molecule has 1 aliphatic heterocycles. The summed E-state index contributed by atoms with van der Waals surface area (Å²) in [5.41, 5.74) is 3.26. The summed E-state index contributed by atoms with van der Waals surface area (Å²) in [4.78, 5) is 15.1. The molecule has 154 valence electrons. The zero-order chi connectivity index (χ0) is 21.1. The molecule has 30 heavy (non-hydrogen) atoms. The molecule has 0 bridgehead atoms. The van der Waals surface area contributed by atoms with Crippen LogP contribution in [0.3, 0.4) is 0 Å². The third-order valence-electron chi connectivity index (χ3n) is 5.19. The van der Waals surface area contributed by atoms with Crippen molar-refractivity contribution < 1.29 is 17.9 Å². The molecule has 3 aromatic rings. The number of carbonyl (C=O) groups excluding carboxylic acids is 1. The van der Waals surface area contributed by atoms with E-state index in [1.807, 2.05) is 54.6 Å². The molecule has 0 aliphatic carbocycles. The highest BCUT2D eigenvalue weighted by molar-refractivity contribution is 7.90. The number of anilines is 1. The molecule has 5 nitrogen and oxygen atoms in total. The van der Waals surface area contributed by atoms with Gasteiger partial charge < -0.3 is 9.64 Å². The first-order valence-electron chi connectivity index (χ1n) is 9.83. The molecule has 0 aromatic heterocycles. The van der Waals surface area contributed by atoms with E-state index in [4.69, 9.17) is 4.74 Å². The first-order valence-corrected chi connectivity index (χ1v) is 11.7. The van der Waals surface area contributed by atoms with Crippen molar-refractivity contribution in [2.75, 3.05) is 17.7 Å². The van der Waals surface area contributed by atoms with Gasteiger partial charge in [0.15, 0.2) is 9.84 Å². The standard InChI is InChI=1S/C24H23NO4S/c1-30(27,28)22-13-14-23-20(16-22)6-5-15-25(23)24(26)19-11-9-18(10-12-19)17-29-21-7-3-2-4-8-21/h2-4,7-14,16H,5-6,15,17H2,1H3. The first kappa shape index (κ1) is 20.2. The molecule has 0 atom stereocenters. The van der Waals surface area contributed by atoms with Crippen molar-refractivity contribution in [1.29, 1.82) is 0 Å². The molecule has 0 spiro atoms. The Morgan fingerprint density at radius 2 is 1.73 bits per heavy atom. The quantitative estimate of drug-likeness (QED) is 0.617. The molecule has 6 heteroatoms. The van der Waals surface area contributed by atoms with Crippen LogP contribution in [0.2, 0.25) is 0 Å². The number of nitrogens with zero attached hydrogens (tertiary/aromatic N) is 1. The third kappa shape index (κ3) is 4.39. The molecule has 1 amide bonds. The van der Waals surface area contributed by atoms with Crippen LogP contribution < -0.4 is 9.64 Å². The number of hydrogen-bond acceptors (Lipinski definition) is 4. The molecule has 0 N–H and O–H groups in total. The van der Waals surface area contributed by atoms with Gasteiger partial charge in [-0.2, -0.15) is 0 Å². The summed E-state index contributed by atoms with van der Waals surface area (Å²) >= 11 is 0. The van der Waals surface area contributed by atoms with Gasteiger partial charge >= 0.3 is 0 Å². The summed E-state index contributed by atoms with van der Waals surface area (Å²) in [6.07, 6.45) is 2.76. The minimum atomic E-state index is -3.27. The van der Waals surface area contributed by atoms with Crippen LogP contribution in [0.15, 0.2) is 77.7 Å². The fourth-order valence-electron chi connectivity index (χ4n) is 3.60. The van der Waals surface area contributed by atoms with Gasteiger partial charge in [-0.15, -0.1) is 0 Å². The summed E-state index contributed by atoms with van der Waals surface area (Å²) < 4.78 is 29.4. The van der Waals surface area contributed by atoms with E-state index in [0.717, 1.165) is 35.4 Å². The van der Waals surface area contributed by atoms with Gasteiger partial charge in [-0.3, -0.25) is 4.79 Å². The van der Waals surface area contributed by atoms with Gasteiger partial charge in [-0.1, -0.05) is 30.3 Å². The van der Waals surface area contributed by atoms with Gasteiger partial charge in [0.1, 0.15) is 12.4 Å². The van der Waals surface area contributed by atoms with Gasteiger partial charge in [-0.05, 0) is 66.4 Å². The fourth-order valence-corrected chi connectivity index (χ4v) is 4.27. The molecule has 1 heterocycles. The van der Waals surface area contributed by atoms with Gasteiger partial charge in [0, 0.05) is 24.1 Å². The monoisotopic (exact) mass is 421 g/mol. The third-order valence-corrected chi connectivity index (χ3v) is 6.30. The Balaban J connectivity index is 1.50. The van der Waals surface area contributed by atoms with E-state index in [1.54, 1.807) is 23.1 Å². The molecule has 0 radical (unpaired) electrons. The maximum atomic E-state index is 13.1. The highest BCUT2D eigenvalue weighted by atomic mass is 32.2. The second-order valence-corrected chi connectivity index (χ2v) is 9.44. The van der Waals surface area contributed by atoms with E-state index >= 15 is 0 Å². The average molecular weight is 422 g/mol. The van der Waals surface area contributed by atoms with Gasteiger partial charge in [0.05, 0.1) is 4.90 Å². The Hall–Kier alpha value is -3.12. The van der Waals surface area contributed by atoms with Gasteiger partial charge in [-0.25, -0.2) is 8.42 Å². The van der Waals surface area contributed by atoms with E-state index < -0.39 is 9.84 Å². The number of sulfone groups is 1. The maximum absolute atomic E-state index is 13.1. The van der Waals surface area contributed by atoms with Crippen LogP contribution in [0.4, 0.5) is 5.69 Å². The van der Waals surface area contributed by atoms with Crippen molar-refractivity contribution in [3.8, 4) is 5.75 Å². The number of rotatable bonds is 5. The predicted molar refractivity (Wildman–Crippen MR) is 117 cm³/mol. The number of benzene rings is 3. The average Bonchev–Trinajstić information content (AvgIpc) is 2.77. The molecule has 0 fully saturated rings. The van der Waals surface area contributed by atoms with E-state index in [9.17, 15) is 13.2 Å². The summed E-state index contributed by atoms with van der Waals surface area (Å²) in [5, 5.41) is 0. The summed E-state index contributed by atoms with van der Waals surface area (Å²) in [6, 6.07) is 22.0. The normalized spacial score (nSPS) is 13.6. The van der Waals surface area contributed by atoms with Crippen LogP contribution in [0.25, 0.3) is 0 Å². The zero-order valence-electron chi connectivity index (χ0n) is 16.7. The second-order valence-electron chi connectivity index (χ2n) is 7.42. The number of amides is 1. The van der Waals surface area contributed by atoms with Crippen LogP contribution in [-0.4, -0.2) is 27.1 Å². The van der Waals surface area contributed by atoms with Crippen LogP contribution in [0.1, 0.15) is 27.9 Å². The number of ether oxygens (including phenoxy) is 1. The summed E-state index contributed by atoms with van der Waals surface area (Å²) in [6.45, 7) is 1.04. The van der Waals surface area contributed by atoms with Crippen molar-refractivity contribution in [3.05, 3.63) is 89.5 Å². The Kier molecular flexibility index (Phi) is 5.59. The van der Waals surface area contributed by atoms with Gasteiger partial charge in [0.2, 0.25) is 0 Å². The molecular weight excluding hydrogens is 398 g/mol. The lowest BCUT2D eigenvalue weighted by atomic mass is 10.0. The summed E-state index contributed by atoms with van der Waals surface area (Å²) in [5.74, 6) is 0.717. The SMILES string of the molecule is CS(=O)(=O)c1ccc2c(c1)CCCN2C(=O)c1ccc(COc2ccccc2)cc1. The molecule has 4 rings (SSSR count). The molecule has 0 saturated carbocycles. The fraction of sp³-hybridized carbons (Fsp3) is 0.208. The minimum Gasteiger partial charge on any atom is -0.489 e. The Bertz CT molecular complexity index is 1160. The van der Waals surface area contributed by atoms with Crippen molar-refractivity contribution >= 4 is 21.4 Å². The molecular formula is C24H23NO4S. The largest absolute Gasteiger partial charge is 0.489 e. The molecule has 0 saturated heterocycles.